The lowest BCUT2D eigenvalue weighted by Gasteiger charge is -2.43. The number of carbonyl (C=O) groups is 2. The van der Waals surface area contributed by atoms with Crippen molar-refractivity contribution in [1.29, 1.82) is 0 Å². The minimum atomic E-state index is -0.888. The maximum absolute atomic E-state index is 13.8. The molecule has 1 N–H and O–H groups in total. The molecule has 2 aliphatic rings. The molecule has 3 aromatic rings. The fourth-order valence-corrected chi connectivity index (χ4v) is 13.1. The van der Waals surface area contributed by atoms with E-state index >= 15 is 0 Å². The lowest BCUT2D eigenvalue weighted by molar-refractivity contribution is -0.169. The monoisotopic (exact) mass is 1180 g/mol. The Morgan fingerprint density at radius 2 is 1.09 bits per heavy atom. The van der Waals surface area contributed by atoms with Crippen LogP contribution in [0.2, 0.25) is 0 Å². The Hall–Kier alpha value is -3.84. The molecule has 2 heterocycles. The molecule has 0 amide bonds. The highest BCUT2D eigenvalue weighted by Gasteiger charge is 2.42. The molecule has 480 valence electrons. The van der Waals surface area contributed by atoms with E-state index in [-0.39, 0.29) is 47.4 Å². The minimum Gasteiger partial charge on any atom is -0.497 e. The molecule has 3 aromatic carbocycles. The van der Waals surface area contributed by atoms with Crippen molar-refractivity contribution in [2.45, 2.75) is 271 Å². The van der Waals surface area contributed by atoms with E-state index in [1.165, 1.54) is 116 Å². The molecule has 0 aliphatic carbocycles. The summed E-state index contributed by atoms with van der Waals surface area (Å²) in [5.74, 6) is 3.18. The first-order valence-corrected chi connectivity index (χ1v) is 33.9. The molecule has 6 unspecified atom stereocenters. The van der Waals surface area contributed by atoms with E-state index in [9.17, 15) is 14.7 Å². The van der Waals surface area contributed by atoms with Crippen LogP contribution in [0.5, 0.6) is 11.5 Å². The van der Waals surface area contributed by atoms with Gasteiger partial charge >= 0.3 is 5.97 Å². The number of Topliss-reactive ketones (excluding diaryl/α,β-unsaturated/α-hetero) is 1. The Labute approximate surface area is 517 Å². The number of aliphatic hydroxyl groups excluding tert-OH is 1. The quantitative estimate of drug-likeness (QED) is 0.0331. The molecule has 85 heavy (non-hydrogen) atoms. The van der Waals surface area contributed by atoms with Crippen LogP contribution in [0.1, 0.15) is 246 Å². The van der Waals surface area contributed by atoms with E-state index in [0.29, 0.717) is 75.8 Å². The van der Waals surface area contributed by atoms with Gasteiger partial charge in [-0.3, -0.25) is 14.5 Å². The van der Waals surface area contributed by atoms with Crippen molar-refractivity contribution in [2.24, 2.45) is 23.2 Å². The number of methoxy groups -OCH3 is 2. The molecule has 11 nitrogen and oxygen atoms in total. The number of rotatable bonds is 44. The van der Waals surface area contributed by atoms with E-state index < -0.39 is 5.60 Å². The SMILES string of the molecule is COc1ccc(C(OC[C@@H]2C[C@@H](O)CN2CCCCCCCCCCCC(=O)CC(CCCCCCCCCCCCCCC2OC(COC(C)=O)C(C)C(C)C2C)(COC(C)C)COC(C)(C)C)(c2ccccc2)c2ccc(OC)cc2)cc1. The Morgan fingerprint density at radius 3 is 1.61 bits per heavy atom. The van der Waals surface area contributed by atoms with Gasteiger partial charge in [0.15, 0.2) is 0 Å². The number of aliphatic hydroxyl groups is 1. The van der Waals surface area contributed by atoms with Crippen molar-refractivity contribution in [3.05, 3.63) is 95.6 Å². The van der Waals surface area contributed by atoms with Crippen LogP contribution in [-0.2, 0) is 38.9 Å². The van der Waals surface area contributed by atoms with Gasteiger partial charge in [0, 0.05) is 37.8 Å². The van der Waals surface area contributed by atoms with Gasteiger partial charge in [-0.05, 0) is 132 Å². The molecular weight excluding hydrogens is 1060 g/mol. The van der Waals surface area contributed by atoms with Crippen molar-refractivity contribution in [3.63, 3.8) is 0 Å². The molecule has 8 atom stereocenters. The van der Waals surface area contributed by atoms with Crippen LogP contribution in [0.15, 0.2) is 78.9 Å². The minimum absolute atomic E-state index is 0.00282. The zero-order valence-corrected chi connectivity index (χ0v) is 55.3. The Balaban J connectivity index is 0.956. The van der Waals surface area contributed by atoms with E-state index in [1.54, 1.807) is 14.2 Å². The lowest BCUT2D eigenvalue weighted by atomic mass is 9.75. The third kappa shape index (κ3) is 25.3. The van der Waals surface area contributed by atoms with Crippen molar-refractivity contribution in [1.82, 2.24) is 4.90 Å². The summed E-state index contributed by atoms with van der Waals surface area (Å²) in [6, 6.07) is 26.9. The summed E-state index contributed by atoms with van der Waals surface area (Å²) in [6.07, 6.45) is 29.4. The predicted molar refractivity (Wildman–Crippen MR) is 347 cm³/mol. The number of esters is 1. The maximum atomic E-state index is 13.8. The Kier molecular flexibility index (Phi) is 32.6. The van der Waals surface area contributed by atoms with Gasteiger partial charge in [-0.25, -0.2) is 0 Å². The molecule has 2 fully saturated rings. The van der Waals surface area contributed by atoms with Crippen LogP contribution >= 0.6 is 0 Å². The van der Waals surface area contributed by atoms with Gasteiger partial charge in [-0.15, -0.1) is 0 Å². The largest absolute Gasteiger partial charge is 0.497 e. The first-order chi connectivity index (χ1) is 40.9. The first-order valence-electron chi connectivity index (χ1n) is 33.9. The van der Waals surface area contributed by atoms with Gasteiger partial charge in [-0.2, -0.15) is 0 Å². The number of β-amino-alcohol motifs (C(OH)–C–C–N with tert-alkyl or cyclic N) is 1. The molecule has 11 heteroatoms. The molecule has 0 saturated carbocycles. The molecule has 2 saturated heterocycles. The summed E-state index contributed by atoms with van der Waals surface area (Å²) < 4.78 is 43.0. The standard InChI is InChI=1S/C74H119NO10/c1-57(2)82-55-73(56-84-72(7,8)9,48-34-27-23-19-15-13-12-14-18-22-26-33-39-70-59(4)58(3)60(5)71(85-70)54-81-61(6)76)51-66(77)38-32-25-21-17-16-20-24-28-35-49-75-52-67(78)50-65(75)53-83-74(62-36-30-29-31-37-62,63-40-44-68(79-10)45-41-63)64-42-46-69(80-11)47-43-64/h29-31,36-37,40-47,57-60,65,67,70-71,78H,12-28,32-35,38-39,48-56H2,1-11H3/t58?,59?,60?,65-,67+,70?,71?,73?/m0/s1. The Morgan fingerprint density at radius 1 is 0.600 bits per heavy atom. The van der Waals surface area contributed by atoms with Crippen LogP contribution < -0.4 is 9.47 Å². The molecule has 0 spiro atoms. The van der Waals surface area contributed by atoms with E-state index in [0.717, 1.165) is 73.3 Å². The lowest BCUT2D eigenvalue weighted by Crippen LogP contribution is -2.46. The molecule has 5 rings (SSSR count). The molecular formula is C74H119NO10. The van der Waals surface area contributed by atoms with E-state index in [2.05, 4.69) is 109 Å². The van der Waals surface area contributed by atoms with Crippen LogP contribution in [0.25, 0.3) is 0 Å². The average molecular weight is 1180 g/mol. The predicted octanol–water partition coefficient (Wildman–Crippen LogP) is 17.2. The number of benzene rings is 3. The number of hydrogen-bond acceptors (Lipinski definition) is 11. The van der Waals surface area contributed by atoms with E-state index in [1.807, 2.05) is 30.3 Å². The van der Waals surface area contributed by atoms with Gasteiger partial charge in [0.1, 0.15) is 29.5 Å². The summed E-state index contributed by atoms with van der Waals surface area (Å²) in [4.78, 5) is 27.7. The second kappa shape index (κ2) is 38.5. The fraction of sp³-hybridized carbons (Fsp3) is 0.730. The summed E-state index contributed by atoms with van der Waals surface area (Å²) >= 11 is 0. The molecule has 0 aromatic heterocycles. The second-order valence-electron chi connectivity index (χ2n) is 27.1. The highest BCUT2D eigenvalue weighted by molar-refractivity contribution is 5.79. The highest BCUT2D eigenvalue weighted by Crippen LogP contribution is 2.43. The van der Waals surface area contributed by atoms with Crippen LogP contribution in [0.3, 0.4) is 0 Å². The number of carbonyl (C=O) groups excluding carboxylic acids is 2. The summed E-state index contributed by atoms with van der Waals surface area (Å²) in [7, 11) is 3.37. The number of ether oxygens (including phenoxy) is 7. The van der Waals surface area contributed by atoms with Gasteiger partial charge in [-0.1, -0.05) is 197 Å². The number of unbranched alkanes of at least 4 members (excludes halogenated alkanes) is 19. The zero-order chi connectivity index (χ0) is 61.5. The normalized spacial score (nSPS) is 21.1. The van der Waals surface area contributed by atoms with Crippen LogP contribution in [0.4, 0.5) is 0 Å². The second-order valence-corrected chi connectivity index (χ2v) is 27.1. The third-order valence-corrected chi connectivity index (χ3v) is 18.8. The summed E-state index contributed by atoms with van der Waals surface area (Å²) in [6.45, 7) is 22.5. The van der Waals surface area contributed by atoms with Gasteiger partial charge < -0.3 is 38.3 Å². The van der Waals surface area contributed by atoms with E-state index in [4.69, 9.17) is 33.2 Å². The maximum Gasteiger partial charge on any atom is 0.302 e. The Bertz CT molecular complexity index is 2200. The summed E-state index contributed by atoms with van der Waals surface area (Å²) in [5.41, 5.74) is 1.59. The summed E-state index contributed by atoms with van der Waals surface area (Å²) in [5, 5.41) is 11.0. The number of likely N-dealkylation sites (tertiary alicyclic amines) is 1. The van der Waals surface area contributed by atoms with Gasteiger partial charge in [0.05, 0.1) is 64.1 Å². The fourth-order valence-electron chi connectivity index (χ4n) is 13.1. The average Bonchev–Trinajstić information content (AvgIpc) is 1.72. The number of nitrogens with zero attached hydrogens (tertiary/aromatic N) is 1. The molecule has 0 bridgehead atoms. The van der Waals surface area contributed by atoms with Crippen molar-refractivity contribution >= 4 is 11.8 Å². The topological polar surface area (TPSA) is 122 Å². The molecule has 0 radical (unpaired) electrons. The van der Waals surface area contributed by atoms with Crippen molar-refractivity contribution < 1.29 is 47.9 Å². The van der Waals surface area contributed by atoms with Crippen LogP contribution in [0, 0.1) is 23.2 Å². The van der Waals surface area contributed by atoms with Crippen molar-refractivity contribution in [3.8, 4) is 11.5 Å². The highest BCUT2D eigenvalue weighted by atomic mass is 16.6. The van der Waals surface area contributed by atoms with Gasteiger partial charge in [0.2, 0.25) is 0 Å². The zero-order valence-electron chi connectivity index (χ0n) is 55.3. The smallest absolute Gasteiger partial charge is 0.302 e. The first kappa shape index (κ1) is 71.9. The number of ketones is 1. The number of hydrogen-bond donors (Lipinski definition) is 1. The van der Waals surface area contributed by atoms with Crippen LogP contribution in [-0.4, -0.2) is 112 Å². The third-order valence-electron chi connectivity index (χ3n) is 18.8. The van der Waals surface area contributed by atoms with Gasteiger partial charge in [0.25, 0.3) is 0 Å². The van der Waals surface area contributed by atoms with Crippen molar-refractivity contribution in [2.75, 3.05) is 53.7 Å². The molecule has 2 aliphatic heterocycles.